The molecule has 3 nitrogen and oxygen atoms in total. The fourth-order valence-corrected chi connectivity index (χ4v) is 2.84. The van der Waals surface area contributed by atoms with Crippen LogP contribution in [0.1, 0.15) is 23.6 Å². The van der Waals surface area contributed by atoms with Gasteiger partial charge < -0.3 is 15.1 Å². The molecule has 1 aliphatic rings. The topological polar surface area (TPSA) is 18.5 Å². The average Bonchev–Trinajstić information content (AvgIpc) is 2.40. The van der Waals surface area contributed by atoms with E-state index in [0.29, 0.717) is 6.04 Å². The highest BCUT2D eigenvalue weighted by atomic mass is 15.2. The van der Waals surface area contributed by atoms with Crippen LogP contribution in [0.15, 0.2) is 24.3 Å². The van der Waals surface area contributed by atoms with Gasteiger partial charge in [0, 0.05) is 38.8 Å². The van der Waals surface area contributed by atoms with Gasteiger partial charge in [-0.05, 0) is 33.0 Å². The van der Waals surface area contributed by atoms with Gasteiger partial charge in [-0.15, -0.1) is 0 Å². The Kier molecular flexibility index (Phi) is 5.37. The molecule has 1 unspecified atom stereocenters. The molecule has 1 fully saturated rings. The highest BCUT2D eigenvalue weighted by Gasteiger charge is 2.17. The van der Waals surface area contributed by atoms with Crippen molar-refractivity contribution in [3.05, 3.63) is 35.4 Å². The third-order valence-corrected chi connectivity index (χ3v) is 3.98. The Morgan fingerprint density at radius 1 is 1.26 bits per heavy atom. The molecule has 1 N–H and O–H groups in total. The van der Waals surface area contributed by atoms with Gasteiger partial charge >= 0.3 is 0 Å². The van der Waals surface area contributed by atoms with Crippen molar-refractivity contribution < 1.29 is 0 Å². The molecular formula is C16H27N3. The van der Waals surface area contributed by atoms with E-state index < -0.39 is 0 Å². The lowest BCUT2D eigenvalue weighted by atomic mass is 10.0. The maximum absolute atomic E-state index is 3.41. The van der Waals surface area contributed by atoms with Crippen LogP contribution in [0.5, 0.6) is 0 Å². The highest BCUT2D eigenvalue weighted by molar-refractivity contribution is 5.25. The van der Waals surface area contributed by atoms with Crippen LogP contribution in [0.4, 0.5) is 0 Å². The predicted molar refractivity (Wildman–Crippen MR) is 81.5 cm³/mol. The molecule has 0 aliphatic carbocycles. The third-order valence-electron chi connectivity index (χ3n) is 3.98. The third kappa shape index (κ3) is 4.30. The summed E-state index contributed by atoms with van der Waals surface area (Å²) in [6.45, 7) is 8.01. The molecular weight excluding hydrogens is 234 g/mol. The minimum Gasteiger partial charge on any atom is -0.314 e. The number of nitrogens with one attached hydrogen (secondary N) is 1. The summed E-state index contributed by atoms with van der Waals surface area (Å²) in [5, 5.41) is 3.41. The Morgan fingerprint density at radius 3 is 2.63 bits per heavy atom. The number of nitrogens with zero attached hydrogens (tertiary/aromatic N) is 2. The zero-order valence-electron chi connectivity index (χ0n) is 12.5. The summed E-state index contributed by atoms with van der Waals surface area (Å²) in [6, 6.07) is 9.45. The molecule has 0 bridgehead atoms. The molecule has 1 heterocycles. The zero-order chi connectivity index (χ0) is 13.7. The molecule has 106 valence electrons. The second-order valence-electron chi connectivity index (χ2n) is 5.77. The smallest absolute Gasteiger partial charge is 0.0354 e. The summed E-state index contributed by atoms with van der Waals surface area (Å²) >= 11 is 0. The molecule has 1 saturated heterocycles. The van der Waals surface area contributed by atoms with E-state index in [1.165, 1.54) is 37.2 Å². The SMILES string of the molecule is Cc1cccc(C(CCN2CCNCC2)N(C)C)c1. The average molecular weight is 261 g/mol. The fourth-order valence-electron chi connectivity index (χ4n) is 2.84. The number of hydrogen-bond donors (Lipinski definition) is 1. The highest BCUT2D eigenvalue weighted by Crippen LogP contribution is 2.23. The van der Waals surface area contributed by atoms with E-state index in [0.717, 1.165) is 13.1 Å². The van der Waals surface area contributed by atoms with Crippen LogP contribution in [0.3, 0.4) is 0 Å². The summed E-state index contributed by atoms with van der Waals surface area (Å²) in [5.74, 6) is 0. The van der Waals surface area contributed by atoms with E-state index in [9.17, 15) is 0 Å². The van der Waals surface area contributed by atoms with Crippen molar-refractivity contribution >= 4 is 0 Å². The van der Waals surface area contributed by atoms with Crippen molar-refractivity contribution in [3.63, 3.8) is 0 Å². The number of hydrogen-bond acceptors (Lipinski definition) is 3. The monoisotopic (exact) mass is 261 g/mol. The number of aryl methyl sites for hydroxylation is 1. The minimum absolute atomic E-state index is 0.523. The first-order valence-electron chi connectivity index (χ1n) is 7.33. The molecule has 2 rings (SSSR count). The van der Waals surface area contributed by atoms with Gasteiger partial charge in [-0.2, -0.15) is 0 Å². The Morgan fingerprint density at radius 2 is 2.00 bits per heavy atom. The van der Waals surface area contributed by atoms with Crippen molar-refractivity contribution in [1.29, 1.82) is 0 Å². The molecule has 1 atom stereocenters. The normalized spacial score (nSPS) is 18.7. The van der Waals surface area contributed by atoms with E-state index in [1.807, 2.05) is 0 Å². The lowest BCUT2D eigenvalue weighted by Gasteiger charge is -2.31. The van der Waals surface area contributed by atoms with Gasteiger partial charge in [0.25, 0.3) is 0 Å². The number of rotatable bonds is 5. The van der Waals surface area contributed by atoms with Crippen molar-refractivity contribution in [1.82, 2.24) is 15.1 Å². The lowest BCUT2D eigenvalue weighted by Crippen LogP contribution is -2.44. The Labute approximate surface area is 117 Å². The summed E-state index contributed by atoms with van der Waals surface area (Å²) in [7, 11) is 4.37. The van der Waals surface area contributed by atoms with Crippen molar-refractivity contribution in [2.75, 3.05) is 46.8 Å². The summed E-state index contributed by atoms with van der Waals surface area (Å²) in [4.78, 5) is 4.92. The molecule has 1 aliphatic heterocycles. The quantitative estimate of drug-likeness (QED) is 0.873. The Hall–Kier alpha value is -0.900. The van der Waals surface area contributed by atoms with Crippen LogP contribution < -0.4 is 5.32 Å². The first-order chi connectivity index (χ1) is 9.16. The van der Waals surface area contributed by atoms with E-state index >= 15 is 0 Å². The maximum Gasteiger partial charge on any atom is 0.0354 e. The molecule has 3 heteroatoms. The van der Waals surface area contributed by atoms with Crippen LogP contribution in [0, 0.1) is 6.92 Å². The van der Waals surface area contributed by atoms with Gasteiger partial charge in [-0.3, -0.25) is 0 Å². The van der Waals surface area contributed by atoms with Gasteiger partial charge in [0.1, 0.15) is 0 Å². The van der Waals surface area contributed by atoms with Crippen molar-refractivity contribution in [2.45, 2.75) is 19.4 Å². The Bertz CT molecular complexity index is 383. The van der Waals surface area contributed by atoms with E-state index in [4.69, 9.17) is 0 Å². The van der Waals surface area contributed by atoms with E-state index in [1.54, 1.807) is 0 Å². The molecule has 0 amide bonds. The predicted octanol–water partition coefficient (Wildman–Crippen LogP) is 1.89. The first-order valence-corrected chi connectivity index (χ1v) is 7.33. The minimum atomic E-state index is 0.523. The van der Waals surface area contributed by atoms with Crippen LogP contribution >= 0.6 is 0 Å². The summed E-state index contributed by atoms with van der Waals surface area (Å²) < 4.78 is 0. The van der Waals surface area contributed by atoms with E-state index in [2.05, 4.69) is 60.4 Å². The van der Waals surface area contributed by atoms with E-state index in [-0.39, 0.29) is 0 Å². The molecule has 0 saturated carbocycles. The largest absolute Gasteiger partial charge is 0.314 e. The molecule has 0 radical (unpaired) electrons. The number of benzene rings is 1. The van der Waals surface area contributed by atoms with Gasteiger partial charge in [0.15, 0.2) is 0 Å². The van der Waals surface area contributed by atoms with Crippen LogP contribution in [0.25, 0.3) is 0 Å². The Balaban J connectivity index is 1.96. The lowest BCUT2D eigenvalue weighted by molar-refractivity contribution is 0.199. The fraction of sp³-hybridized carbons (Fsp3) is 0.625. The molecule has 1 aromatic rings. The van der Waals surface area contributed by atoms with Crippen molar-refractivity contribution in [2.24, 2.45) is 0 Å². The van der Waals surface area contributed by atoms with Crippen LogP contribution in [-0.4, -0.2) is 56.6 Å². The van der Waals surface area contributed by atoms with Gasteiger partial charge in [-0.25, -0.2) is 0 Å². The second kappa shape index (κ2) is 7.04. The maximum atomic E-state index is 3.41. The number of piperazine rings is 1. The zero-order valence-corrected chi connectivity index (χ0v) is 12.5. The first kappa shape index (κ1) is 14.5. The second-order valence-corrected chi connectivity index (χ2v) is 5.77. The summed E-state index contributed by atoms with van der Waals surface area (Å²) in [6.07, 6.45) is 1.20. The molecule has 0 spiro atoms. The summed E-state index contributed by atoms with van der Waals surface area (Å²) in [5.41, 5.74) is 2.80. The van der Waals surface area contributed by atoms with Crippen LogP contribution in [0.2, 0.25) is 0 Å². The van der Waals surface area contributed by atoms with Gasteiger partial charge in [0.2, 0.25) is 0 Å². The molecule has 1 aromatic carbocycles. The van der Waals surface area contributed by atoms with Gasteiger partial charge in [0.05, 0.1) is 0 Å². The molecule has 0 aromatic heterocycles. The standard InChI is InChI=1S/C16H27N3/c1-14-5-4-6-15(13-14)16(18(2)3)7-10-19-11-8-17-9-12-19/h4-6,13,16-17H,7-12H2,1-3H3. The van der Waals surface area contributed by atoms with Crippen molar-refractivity contribution in [3.8, 4) is 0 Å². The van der Waals surface area contributed by atoms with Gasteiger partial charge in [-0.1, -0.05) is 29.8 Å². The van der Waals surface area contributed by atoms with Crippen LogP contribution in [-0.2, 0) is 0 Å². The molecule has 19 heavy (non-hydrogen) atoms.